The maximum Gasteiger partial charge on any atom is 0.330 e. The third-order valence-corrected chi connectivity index (χ3v) is 3.03. The van der Waals surface area contributed by atoms with Crippen LogP contribution in [0.15, 0.2) is 24.3 Å². The lowest BCUT2D eigenvalue weighted by atomic mass is 10.0. The molecule has 1 amide bonds. The largest absolute Gasteiger partial charge is 0.496 e. The molecule has 0 unspecified atom stereocenters. The topological polar surface area (TPSA) is 88.4 Å². The highest BCUT2D eigenvalue weighted by molar-refractivity contribution is 5.99. The molecule has 0 aromatic heterocycles. The van der Waals surface area contributed by atoms with Crippen molar-refractivity contribution in [3.8, 4) is 11.8 Å². The monoisotopic (exact) mass is 304 g/mol. The third-order valence-electron chi connectivity index (χ3n) is 3.03. The summed E-state index contributed by atoms with van der Waals surface area (Å²) < 4.78 is 10.1. The second kappa shape index (κ2) is 8.03. The Morgan fingerprint density at radius 3 is 2.41 bits per heavy atom. The van der Waals surface area contributed by atoms with Crippen molar-refractivity contribution < 1.29 is 19.1 Å². The van der Waals surface area contributed by atoms with Gasteiger partial charge in [0, 0.05) is 0 Å². The normalized spacial score (nSPS) is 12.9. The van der Waals surface area contributed by atoms with Crippen LogP contribution in [0.5, 0.6) is 5.75 Å². The third kappa shape index (κ3) is 4.48. The molecule has 1 N–H and O–H groups in total. The molecule has 0 heterocycles. The number of nitriles is 1. The predicted molar refractivity (Wildman–Crippen MR) is 80.3 cm³/mol. The van der Waals surface area contributed by atoms with Crippen LogP contribution in [0.25, 0.3) is 0 Å². The Labute approximate surface area is 130 Å². The first kappa shape index (κ1) is 17.5. The first-order valence-corrected chi connectivity index (χ1v) is 6.94. The molecule has 0 radical (unpaired) electrons. The van der Waals surface area contributed by atoms with Gasteiger partial charge in [-0.25, -0.2) is 4.79 Å². The van der Waals surface area contributed by atoms with Crippen LogP contribution in [0, 0.1) is 17.2 Å². The fourth-order valence-electron chi connectivity index (χ4n) is 1.82. The van der Waals surface area contributed by atoms with E-state index in [1.807, 2.05) is 6.07 Å². The lowest BCUT2D eigenvalue weighted by molar-refractivity contribution is -0.149. The number of carbonyl (C=O) groups excluding carboxylic acids is 2. The summed E-state index contributed by atoms with van der Waals surface area (Å²) in [5.41, 5.74) is 0.330. The molecule has 0 aliphatic heterocycles. The van der Waals surface area contributed by atoms with Crippen LogP contribution in [0.4, 0.5) is 0 Å². The second-order valence-corrected chi connectivity index (χ2v) is 5.10. The number of carbonyl (C=O) groups is 2. The number of nitrogens with zero attached hydrogens (tertiary/aromatic N) is 1. The van der Waals surface area contributed by atoms with Crippen molar-refractivity contribution in [3.05, 3.63) is 29.8 Å². The Bertz CT molecular complexity index is 578. The van der Waals surface area contributed by atoms with Gasteiger partial charge in [-0.1, -0.05) is 26.0 Å². The maximum absolute atomic E-state index is 12.3. The summed E-state index contributed by atoms with van der Waals surface area (Å²) in [5.74, 6) is -0.830. The smallest absolute Gasteiger partial charge is 0.330 e. The molecule has 0 spiro atoms. The molecular formula is C16H20N2O4. The van der Waals surface area contributed by atoms with Crippen molar-refractivity contribution in [3.63, 3.8) is 0 Å². The predicted octanol–water partition coefficient (Wildman–Crippen LogP) is 1.90. The number of esters is 1. The van der Waals surface area contributed by atoms with E-state index in [1.54, 1.807) is 38.1 Å². The molecule has 0 bridgehead atoms. The summed E-state index contributed by atoms with van der Waals surface area (Å²) in [7, 11) is 1.47. The van der Waals surface area contributed by atoms with E-state index in [9.17, 15) is 9.59 Å². The highest BCUT2D eigenvalue weighted by atomic mass is 16.5. The molecule has 22 heavy (non-hydrogen) atoms. The van der Waals surface area contributed by atoms with Crippen LogP contribution in [0.3, 0.4) is 0 Å². The zero-order chi connectivity index (χ0) is 16.7. The number of amides is 1. The van der Waals surface area contributed by atoms with E-state index >= 15 is 0 Å². The summed E-state index contributed by atoms with van der Waals surface area (Å²) >= 11 is 0. The van der Waals surface area contributed by atoms with E-state index in [1.165, 1.54) is 14.0 Å². The summed E-state index contributed by atoms with van der Waals surface area (Å²) in [4.78, 5) is 24.4. The molecule has 0 saturated carbocycles. The van der Waals surface area contributed by atoms with Gasteiger partial charge in [-0.2, -0.15) is 5.26 Å². The molecule has 0 aliphatic carbocycles. The summed E-state index contributed by atoms with van der Waals surface area (Å²) in [6, 6.07) is 7.70. The standard InChI is InChI=1S/C16H20N2O4/c1-10(2)14(16(20)22-11(3)9-17)18-15(19)12-7-5-6-8-13(12)21-4/h5-8,10-11,14H,1-4H3,(H,18,19)/t11-,14+/m1/s1. The number of ether oxygens (including phenoxy) is 2. The number of benzene rings is 1. The molecule has 0 aliphatic rings. The van der Waals surface area contributed by atoms with Gasteiger partial charge in [0.15, 0.2) is 6.10 Å². The van der Waals surface area contributed by atoms with Gasteiger partial charge >= 0.3 is 5.97 Å². The minimum Gasteiger partial charge on any atom is -0.496 e. The Balaban J connectivity index is 2.89. The molecular weight excluding hydrogens is 284 g/mol. The number of methoxy groups -OCH3 is 1. The summed E-state index contributed by atoms with van der Waals surface area (Å²) in [5, 5.41) is 11.3. The van der Waals surface area contributed by atoms with Crippen molar-refractivity contribution in [2.45, 2.75) is 32.9 Å². The molecule has 1 aromatic rings. The zero-order valence-electron chi connectivity index (χ0n) is 13.1. The van der Waals surface area contributed by atoms with E-state index < -0.39 is 24.0 Å². The van der Waals surface area contributed by atoms with Gasteiger partial charge in [0.25, 0.3) is 5.91 Å². The van der Waals surface area contributed by atoms with Crippen LogP contribution in [0.2, 0.25) is 0 Å². The van der Waals surface area contributed by atoms with E-state index in [2.05, 4.69) is 5.32 Å². The fraction of sp³-hybridized carbons (Fsp3) is 0.438. The summed E-state index contributed by atoms with van der Waals surface area (Å²) in [6.45, 7) is 5.04. The maximum atomic E-state index is 12.3. The zero-order valence-corrected chi connectivity index (χ0v) is 13.1. The van der Waals surface area contributed by atoms with Crippen molar-refractivity contribution in [1.82, 2.24) is 5.32 Å². The molecule has 1 aromatic carbocycles. The minimum absolute atomic E-state index is 0.183. The lowest BCUT2D eigenvalue weighted by Gasteiger charge is -2.22. The SMILES string of the molecule is COc1ccccc1C(=O)N[C@H](C(=O)O[C@H](C)C#N)C(C)C. The van der Waals surface area contributed by atoms with Crippen LogP contribution in [-0.2, 0) is 9.53 Å². The van der Waals surface area contributed by atoms with Gasteiger partial charge in [0.1, 0.15) is 17.9 Å². The van der Waals surface area contributed by atoms with Crippen molar-refractivity contribution >= 4 is 11.9 Å². The Kier molecular flexibility index (Phi) is 6.39. The van der Waals surface area contributed by atoms with Crippen molar-refractivity contribution in [2.75, 3.05) is 7.11 Å². The fourth-order valence-corrected chi connectivity index (χ4v) is 1.82. The Morgan fingerprint density at radius 2 is 1.86 bits per heavy atom. The molecule has 0 saturated heterocycles. The molecule has 0 fully saturated rings. The van der Waals surface area contributed by atoms with Gasteiger partial charge in [0.05, 0.1) is 12.7 Å². The summed E-state index contributed by atoms with van der Waals surface area (Å²) in [6.07, 6.45) is -0.864. The molecule has 2 atom stereocenters. The molecule has 118 valence electrons. The number of hydrogen-bond donors (Lipinski definition) is 1. The van der Waals surface area contributed by atoms with Gasteiger partial charge in [-0.15, -0.1) is 0 Å². The van der Waals surface area contributed by atoms with Crippen LogP contribution >= 0.6 is 0 Å². The van der Waals surface area contributed by atoms with E-state index in [0.29, 0.717) is 11.3 Å². The number of hydrogen-bond acceptors (Lipinski definition) is 5. The van der Waals surface area contributed by atoms with Crippen LogP contribution in [-0.4, -0.2) is 31.1 Å². The highest BCUT2D eigenvalue weighted by Crippen LogP contribution is 2.18. The quantitative estimate of drug-likeness (QED) is 0.811. The Hall–Kier alpha value is -2.55. The number of rotatable bonds is 6. The molecule has 1 rings (SSSR count). The van der Waals surface area contributed by atoms with Crippen LogP contribution < -0.4 is 10.1 Å². The number of para-hydroxylation sites is 1. The van der Waals surface area contributed by atoms with Gasteiger partial charge in [-0.05, 0) is 25.0 Å². The Morgan fingerprint density at radius 1 is 1.23 bits per heavy atom. The van der Waals surface area contributed by atoms with E-state index in [-0.39, 0.29) is 5.92 Å². The second-order valence-electron chi connectivity index (χ2n) is 5.10. The van der Waals surface area contributed by atoms with Crippen molar-refractivity contribution in [1.29, 1.82) is 5.26 Å². The van der Waals surface area contributed by atoms with Gasteiger partial charge in [0.2, 0.25) is 0 Å². The van der Waals surface area contributed by atoms with Crippen LogP contribution in [0.1, 0.15) is 31.1 Å². The van der Waals surface area contributed by atoms with E-state index in [4.69, 9.17) is 14.7 Å². The first-order valence-electron chi connectivity index (χ1n) is 6.94. The van der Waals surface area contributed by atoms with Gasteiger partial charge < -0.3 is 14.8 Å². The highest BCUT2D eigenvalue weighted by Gasteiger charge is 2.28. The lowest BCUT2D eigenvalue weighted by Crippen LogP contribution is -2.46. The average Bonchev–Trinajstić information content (AvgIpc) is 2.51. The minimum atomic E-state index is -0.864. The van der Waals surface area contributed by atoms with E-state index in [0.717, 1.165) is 0 Å². The first-order chi connectivity index (χ1) is 10.4. The molecule has 6 heteroatoms. The van der Waals surface area contributed by atoms with Gasteiger partial charge in [-0.3, -0.25) is 4.79 Å². The van der Waals surface area contributed by atoms with Crippen molar-refractivity contribution in [2.24, 2.45) is 5.92 Å². The molecule has 6 nitrogen and oxygen atoms in total. The number of nitrogens with one attached hydrogen (secondary N) is 1. The average molecular weight is 304 g/mol.